The summed E-state index contributed by atoms with van der Waals surface area (Å²) in [4.78, 5) is 12.0. The number of hydrogen-bond donors (Lipinski definition) is 2. The van der Waals surface area contributed by atoms with Gasteiger partial charge in [-0.1, -0.05) is 38.1 Å². The molecule has 0 aromatic heterocycles. The van der Waals surface area contributed by atoms with Gasteiger partial charge in [0.2, 0.25) is 5.91 Å². The summed E-state index contributed by atoms with van der Waals surface area (Å²) in [5, 5.41) is 3.42. The number of amides is 1. The van der Waals surface area contributed by atoms with Gasteiger partial charge >= 0.3 is 0 Å². The highest BCUT2D eigenvalue weighted by molar-refractivity contribution is 8.00. The number of rotatable bonds is 10. The lowest BCUT2D eigenvalue weighted by atomic mass is 10.1. The van der Waals surface area contributed by atoms with Gasteiger partial charge in [-0.3, -0.25) is 4.79 Å². The van der Waals surface area contributed by atoms with E-state index in [2.05, 4.69) is 31.3 Å². The van der Waals surface area contributed by atoms with Crippen LogP contribution in [0.3, 0.4) is 0 Å². The Kier molecular flexibility index (Phi) is 7.67. The fourth-order valence-electron chi connectivity index (χ4n) is 2.20. The number of thioether (sulfide) groups is 1. The Morgan fingerprint density at radius 1 is 1.16 bits per heavy atom. The Hall–Kier alpha value is -2.14. The van der Waals surface area contributed by atoms with E-state index >= 15 is 0 Å². The van der Waals surface area contributed by atoms with E-state index in [-0.39, 0.29) is 11.7 Å². The molecule has 0 spiro atoms. The van der Waals surface area contributed by atoms with E-state index in [1.807, 2.05) is 36.4 Å². The van der Waals surface area contributed by atoms with E-state index in [0.29, 0.717) is 12.5 Å². The van der Waals surface area contributed by atoms with Crippen LogP contribution in [0.4, 0.5) is 5.69 Å². The first kappa shape index (κ1) is 19.2. The second kappa shape index (κ2) is 9.99. The number of carbonyl (C=O) groups excluding carboxylic acids is 1. The molecule has 2 aromatic carbocycles. The lowest BCUT2D eigenvalue weighted by molar-refractivity contribution is -0.115. The van der Waals surface area contributed by atoms with Crippen molar-refractivity contribution < 1.29 is 9.53 Å². The maximum Gasteiger partial charge on any atom is 0.227 e. The van der Waals surface area contributed by atoms with Crippen molar-refractivity contribution in [3.05, 3.63) is 54.1 Å². The fourth-order valence-corrected chi connectivity index (χ4v) is 2.97. The summed E-state index contributed by atoms with van der Waals surface area (Å²) in [5.74, 6) is 1.52. The van der Waals surface area contributed by atoms with Gasteiger partial charge in [-0.15, -0.1) is 11.8 Å². The lowest BCUT2D eigenvalue weighted by Crippen LogP contribution is -2.13. The predicted molar refractivity (Wildman–Crippen MR) is 105 cm³/mol. The summed E-state index contributed by atoms with van der Waals surface area (Å²) in [5.41, 5.74) is 7.41. The van der Waals surface area contributed by atoms with Gasteiger partial charge in [0.15, 0.2) is 0 Å². The molecule has 3 N–H and O–H groups in total. The van der Waals surface area contributed by atoms with Crippen molar-refractivity contribution in [2.75, 3.05) is 17.7 Å². The summed E-state index contributed by atoms with van der Waals surface area (Å²) in [6.07, 6.45) is 1.06. The maximum atomic E-state index is 11.0. The summed E-state index contributed by atoms with van der Waals surface area (Å²) in [7, 11) is 0. The number of nitrogens with two attached hydrogens (primary N) is 1. The third-order valence-electron chi connectivity index (χ3n) is 3.63. The van der Waals surface area contributed by atoms with E-state index in [1.165, 1.54) is 17.3 Å². The van der Waals surface area contributed by atoms with Crippen LogP contribution in [0.5, 0.6) is 5.75 Å². The predicted octanol–water partition coefficient (Wildman–Crippen LogP) is 4.30. The third kappa shape index (κ3) is 7.10. The van der Waals surface area contributed by atoms with Crippen molar-refractivity contribution in [2.45, 2.75) is 31.7 Å². The van der Waals surface area contributed by atoms with Crippen LogP contribution in [0.1, 0.15) is 25.8 Å². The van der Waals surface area contributed by atoms with Gasteiger partial charge in [0.05, 0.1) is 12.4 Å². The average Bonchev–Trinajstić information content (AvgIpc) is 2.59. The SMILES string of the molecule is CC(C)CCOc1ccc(CNc2ccccc2SCC(N)=O)cc1. The molecule has 0 bridgehead atoms. The highest BCUT2D eigenvalue weighted by atomic mass is 32.2. The molecule has 0 heterocycles. The largest absolute Gasteiger partial charge is 0.494 e. The molecular weight excluding hydrogens is 332 g/mol. The van der Waals surface area contributed by atoms with Gasteiger partial charge < -0.3 is 15.8 Å². The van der Waals surface area contributed by atoms with Crippen molar-refractivity contribution in [3.8, 4) is 5.75 Å². The summed E-state index contributed by atoms with van der Waals surface area (Å²) < 4.78 is 5.74. The first-order valence-corrected chi connectivity index (χ1v) is 9.49. The zero-order chi connectivity index (χ0) is 18.1. The molecule has 2 rings (SSSR count). The molecule has 4 nitrogen and oxygen atoms in total. The van der Waals surface area contributed by atoms with E-state index in [9.17, 15) is 4.79 Å². The standard InChI is InChI=1S/C20H26N2O2S/c1-15(2)11-12-24-17-9-7-16(8-10-17)13-22-18-5-3-4-6-19(18)25-14-20(21)23/h3-10,15,22H,11-14H2,1-2H3,(H2,21,23). The number of nitrogens with one attached hydrogen (secondary N) is 1. The molecule has 0 saturated heterocycles. The highest BCUT2D eigenvalue weighted by Gasteiger charge is 2.04. The molecule has 2 aromatic rings. The van der Waals surface area contributed by atoms with Crippen molar-refractivity contribution >= 4 is 23.4 Å². The zero-order valence-electron chi connectivity index (χ0n) is 14.8. The number of anilines is 1. The molecule has 0 aliphatic carbocycles. The molecule has 0 radical (unpaired) electrons. The van der Waals surface area contributed by atoms with Gasteiger partial charge in [-0.25, -0.2) is 0 Å². The van der Waals surface area contributed by atoms with Crippen LogP contribution in [0.25, 0.3) is 0 Å². The summed E-state index contributed by atoms with van der Waals surface area (Å²) >= 11 is 1.45. The first-order valence-electron chi connectivity index (χ1n) is 8.50. The number of ether oxygens (including phenoxy) is 1. The second-order valence-corrected chi connectivity index (χ2v) is 7.30. The van der Waals surface area contributed by atoms with Gasteiger partial charge in [0, 0.05) is 17.1 Å². The number of para-hydroxylation sites is 1. The van der Waals surface area contributed by atoms with Crippen LogP contribution < -0.4 is 15.8 Å². The Bertz CT molecular complexity index is 672. The zero-order valence-corrected chi connectivity index (χ0v) is 15.6. The number of primary amides is 1. The van der Waals surface area contributed by atoms with Crippen LogP contribution in [0.15, 0.2) is 53.4 Å². The van der Waals surface area contributed by atoms with E-state index in [1.54, 1.807) is 0 Å². The molecule has 25 heavy (non-hydrogen) atoms. The van der Waals surface area contributed by atoms with E-state index in [4.69, 9.17) is 10.5 Å². The van der Waals surface area contributed by atoms with Gasteiger partial charge in [-0.2, -0.15) is 0 Å². The van der Waals surface area contributed by atoms with Crippen LogP contribution in [0.2, 0.25) is 0 Å². The first-order chi connectivity index (χ1) is 12.0. The topological polar surface area (TPSA) is 64.3 Å². The molecule has 0 unspecified atom stereocenters. The van der Waals surface area contributed by atoms with E-state index in [0.717, 1.165) is 29.4 Å². The van der Waals surface area contributed by atoms with Crippen molar-refractivity contribution in [1.29, 1.82) is 0 Å². The van der Waals surface area contributed by atoms with Crippen LogP contribution in [-0.2, 0) is 11.3 Å². The van der Waals surface area contributed by atoms with Gasteiger partial charge in [0.25, 0.3) is 0 Å². The molecule has 0 atom stereocenters. The van der Waals surface area contributed by atoms with Crippen LogP contribution >= 0.6 is 11.8 Å². The van der Waals surface area contributed by atoms with E-state index < -0.39 is 0 Å². The molecule has 0 aliphatic rings. The molecule has 0 aliphatic heterocycles. The van der Waals surface area contributed by atoms with Gasteiger partial charge in [-0.05, 0) is 42.2 Å². The third-order valence-corrected chi connectivity index (χ3v) is 4.72. The summed E-state index contributed by atoms with van der Waals surface area (Å²) in [6.45, 7) is 5.84. The molecular formula is C20H26N2O2S. The lowest BCUT2D eigenvalue weighted by Gasteiger charge is -2.12. The number of benzene rings is 2. The maximum absolute atomic E-state index is 11.0. The Morgan fingerprint density at radius 2 is 1.88 bits per heavy atom. The second-order valence-electron chi connectivity index (χ2n) is 6.28. The Labute approximate surface area is 154 Å². The highest BCUT2D eigenvalue weighted by Crippen LogP contribution is 2.27. The quantitative estimate of drug-likeness (QED) is 0.622. The van der Waals surface area contributed by atoms with Crippen molar-refractivity contribution in [3.63, 3.8) is 0 Å². The minimum atomic E-state index is -0.312. The van der Waals surface area contributed by atoms with Crippen LogP contribution in [-0.4, -0.2) is 18.3 Å². The molecule has 5 heteroatoms. The molecule has 0 fully saturated rings. The molecule has 0 saturated carbocycles. The number of carbonyl (C=O) groups is 1. The average molecular weight is 359 g/mol. The van der Waals surface area contributed by atoms with Crippen LogP contribution in [0, 0.1) is 5.92 Å². The minimum Gasteiger partial charge on any atom is -0.494 e. The summed E-state index contributed by atoms with van der Waals surface area (Å²) in [6, 6.07) is 16.1. The Morgan fingerprint density at radius 3 is 2.56 bits per heavy atom. The smallest absolute Gasteiger partial charge is 0.227 e. The Balaban J connectivity index is 1.88. The number of hydrogen-bond acceptors (Lipinski definition) is 4. The monoisotopic (exact) mass is 358 g/mol. The van der Waals surface area contributed by atoms with Crippen molar-refractivity contribution in [2.24, 2.45) is 11.7 Å². The molecule has 134 valence electrons. The van der Waals surface area contributed by atoms with Crippen molar-refractivity contribution in [1.82, 2.24) is 0 Å². The normalized spacial score (nSPS) is 10.7. The molecule has 1 amide bonds. The van der Waals surface area contributed by atoms with Gasteiger partial charge in [0.1, 0.15) is 5.75 Å². The minimum absolute atomic E-state index is 0.279. The fraction of sp³-hybridized carbons (Fsp3) is 0.350.